The maximum absolute atomic E-state index is 13.7. The highest BCUT2D eigenvalue weighted by Gasteiger charge is 2.34. The van der Waals surface area contributed by atoms with Gasteiger partial charge in [0, 0.05) is 35.3 Å². The number of aromatic hydroxyl groups is 1. The molecule has 0 fully saturated rings. The fourth-order valence-corrected chi connectivity index (χ4v) is 3.11. The van der Waals surface area contributed by atoms with Crippen LogP contribution in [0.1, 0.15) is 15.9 Å². The predicted molar refractivity (Wildman–Crippen MR) is 116 cm³/mol. The lowest BCUT2D eigenvalue weighted by molar-refractivity contribution is -0.136. The Kier molecular flexibility index (Phi) is 5.90. The van der Waals surface area contributed by atoms with Crippen molar-refractivity contribution in [2.75, 3.05) is 10.6 Å². The van der Waals surface area contributed by atoms with E-state index in [0.717, 1.165) is 18.2 Å². The third-order valence-corrected chi connectivity index (χ3v) is 4.61. The Bertz CT molecular complexity index is 1300. The number of carbonyl (C=O) groups is 1. The number of phenolic OH excluding ortho intramolecular Hbond substituents is 1. The first kappa shape index (κ1) is 21.8. The van der Waals surface area contributed by atoms with E-state index in [1.807, 2.05) is 0 Å². The van der Waals surface area contributed by atoms with E-state index in [1.165, 1.54) is 36.9 Å². The molecular formula is C23H16F3N5O2. The molecular weight excluding hydrogens is 435 g/mol. The van der Waals surface area contributed by atoms with Crippen molar-refractivity contribution in [1.82, 2.24) is 15.0 Å². The molecule has 0 aliphatic heterocycles. The molecule has 0 unspecified atom stereocenters. The SMILES string of the molecule is O=C(Nc1cccc(O)c1)c1ccc(C(F)(F)F)c(Nc2ncccc2-c2ccncn2)c1. The van der Waals surface area contributed by atoms with E-state index in [4.69, 9.17) is 0 Å². The molecule has 2 aromatic carbocycles. The Morgan fingerprint density at radius 1 is 0.939 bits per heavy atom. The van der Waals surface area contributed by atoms with Crippen LogP contribution in [0.3, 0.4) is 0 Å². The molecule has 2 heterocycles. The van der Waals surface area contributed by atoms with Gasteiger partial charge in [-0.3, -0.25) is 4.79 Å². The van der Waals surface area contributed by atoms with Crippen LogP contribution in [0, 0.1) is 0 Å². The number of hydrogen-bond acceptors (Lipinski definition) is 6. The largest absolute Gasteiger partial charge is 0.508 e. The van der Waals surface area contributed by atoms with Crippen molar-refractivity contribution < 1.29 is 23.1 Å². The number of benzene rings is 2. The van der Waals surface area contributed by atoms with Crippen molar-refractivity contribution in [2.24, 2.45) is 0 Å². The van der Waals surface area contributed by atoms with E-state index in [0.29, 0.717) is 16.9 Å². The molecule has 0 bridgehead atoms. The van der Waals surface area contributed by atoms with Gasteiger partial charge < -0.3 is 15.7 Å². The molecule has 33 heavy (non-hydrogen) atoms. The summed E-state index contributed by atoms with van der Waals surface area (Å²) in [6.07, 6.45) is -0.419. The molecule has 4 aromatic rings. The molecule has 166 valence electrons. The number of aromatic nitrogens is 3. The number of pyridine rings is 1. The Labute approximate surface area is 186 Å². The van der Waals surface area contributed by atoms with Crippen LogP contribution < -0.4 is 10.6 Å². The van der Waals surface area contributed by atoms with E-state index < -0.39 is 17.6 Å². The van der Waals surface area contributed by atoms with Crippen LogP contribution in [-0.4, -0.2) is 26.0 Å². The first-order valence-electron chi connectivity index (χ1n) is 9.61. The third kappa shape index (κ3) is 5.06. The van der Waals surface area contributed by atoms with Gasteiger partial charge in [-0.15, -0.1) is 0 Å². The predicted octanol–water partition coefficient (Wildman–Crippen LogP) is 5.26. The molecule has 0 aliphatic rings. The molecule has 4 rings (SSSR count). The lowest BCUT2D eigenvalue weighted by Gasteiger charge is -2.17. The van der Waals surface area contributed by atoms with E-state index in [1.54, 1.807) is 24.3 Å². The number of nitrogens with zero attached hydrogens (tertiary/aromatic N) is 3. The highest BCUT2D eigenvalue weighted by Crippen LogP contribution is 2.38. The van der Waals surface area contributed by atoms with E-state index >= 15 is 0 Å². The summed E-state index contributed by atoms with van der Waals surface area (Å²) in [5.41, 5.74) is -0.108. The zero-order valence-electron chi connectivity index (χ0n) is 16.8. The Hall–Kier alpha value is -4.47. The van der Waals surface area contributed by atoms with Gasteiger partial charge in [-0.05, 0) is 48.5 Å². The van der Waals surface area contributed by atoms with E-state index in [2.05, 4.69) is 25.6 Å². The lowest BCUT2D eigenvalue weighted by Crippen LogP contribution is -2.15. The lowest BCUT2D eigenvalue weighted by atomic mass is 10.1. The summed E-state index contributed by atoms with van der Waals surface area (Å²) in [7, 11) is 0. The number of halogens is 3. The smallest absolute Gasteiger partial charge is 0.418 e. The zero-order valence-corrected chi connectivity index (χ0v) is 16.8. The summed E-state index contributed by atoms with van der Waals surface area (Å²) in [5, 5.41) is 14.8. The molecule has 0 atom stereocenters. The number of amides is 1. The van der Waals surface area contributed by atoms with Gasteiger partial charge in [-0.2, -0.15) is 13.2 Å². The summed E-state index contributed by atoms with van der Waals surface area (Å²) in [4.78, 5) is 24.8. The van der Waals surface area contributed by atoms with Crippen LogP contribution in [0.25, 0.3) is 11.3 Å². The van der Waals surface area contributed by atoms with Crippen molar-refractivity contribution in [3.05, 3.63) is 90.5 Å². The van der Waals surface area contributed by atoms with Crippen LogP contribution in [0.4, 0.5) is 30.4 Å². The quantitative estimate of drug-likeness (QED) is 0.383. The standard InChI is InChI=1S/C23H16F3N5O2/c24-23(25,26)18-7-6-14(22(33)30-15-3-1-4-16(32)12-15)11-20(18)31-21-17(5-2-9-28-21)19-8-10-27-13-29-19/h1-13,32H,(H,28,31)(H,30,33). The monoisotopic (exact) mass is 451 g/mol. The van der Waals surface area contributed by atoms with Crippen molar-refractivity contribution in [3.8, 4) is 17.0 Å². The summed E-state index contributed by atoms with van der Waals surface area (Å²) in [6, 6.07) is 13.7. The second-order valence-electron chi connectivity index (χ2n) is 6.88. The minimum atomic E-state index is -4.67. The van der Waals surface area contributed by atoms with Crippen LogP contribution in [0.2, 0.25) is 0 Å². The maximum atomic E-state index is 13.7. The Balaban J connectivity index is 1.71. The number of hydrogen-bond donors (Lipinski definition) is 3. The molecule has 2 aromatic heterocycles. The molecule has 0 spiro atoms. The minimum absolute atomic E-state index is 0.0200. The number of carbonyl (C=O) groups excluding carboxylic acids is 1. The second-order valence-corrected chi connectivity index (χ2v) is 6.88. The topological polar surface area (TPSA) is 100 Å². The van der Waals surface area contributed by atoms with Crippen LogP contribution in [0.5, 0.6) is 5.75 Å². The average Bonchev–Trinajstić information content (AvgIpc) is 2.79. The summed E-state index contributed by atoms with van der Waals surface area (Å²) in [5.74, 6) is -0.573. The van der Waals surface area contributed by atoms with Gasteiger partial charge in [0.05, 0.1) is 16.9 Å². The maximum Gasteiger partial charge on any atom is 0.418 e. The molecule has 0 saturated carbocycles. The normalized spacial score (nSPS) is 11.1. The molecule has 1 amide bonds. The van der Waals surface area contributed by atoms with Gasteiger partial charge in [0.15, 0.2) is 0 Å². The van der Waals surface area contributed by atoms with Crippen LogP contribution in [0.15, 0.2) is 79.4 Å². The summed E-state index contributed by atoms with van der Waals surface area (Å²) < 4.78 is 41.1. The molecule has 10 heteroatoms. The fourth-order valence-electron chi connectivity index (χ4n) is 3.11. The molecule has 0 radical (unpaired) electrons. The number of nitrogens with one attached hydrogen (secondary N) is 2. The van der Waals surface area contributed by atoms with Crippen LogP contribution in [-0.2, 0) is 6.18 Å². The van der Waals surface area contributed by atoms with E-state index in [-0.39, 0.29) is 22.8 Å². The third-order valence-electron chi connectivity index (χ3n) is 4.61. The van der Waals surface area contributed by atoms with Crippen molar-refractivity contribution in [1.29, 1.82) is 0 Å². The first-order valence-corrected chi connectivity index (χ1v) is 9.61. The minimum Gasteiger partial charge on any atom is -0.508 e. The number of phenols is 1. The van der Waals surface area contributed by atoms with Gasteiger partial charge in [-0.25, -0.2) is 15.0 Å². The van der Waals surface area contributed by atoms with Crippen molar-refractivity contribution in [3.63, 3.8) is 0 Å². The Morgan fingerprint density at radius 2 is 1.79 bits per heavy atom. The number of anilines is 3. The molecule has 0 aliphatic carbocycles. The molecule has 0 saturated heterocycles. The molecule has 7 nitrogen and oxygen atoms in total. The van der Waals surface area contributed by atoms with Gasteiger partial charge in [0.1, 0.15) is 17.9 Å². The van der Waals surface area contributed by atoms with Crippen molar-refractivity contribution in [2.45, 2.75) is 6.18 Å². The van der Waals surface area contributed by atoms with Crippen LogP contribution >= 0.6 is 0 Å². The van der Waals surface area contributed by atoms with Gasteiger partial charge in [0.2, 0.25) is 0 Å². The first-order chi connectivity index (χ1) is 15.8. The Morgan fingerprint density at radius 3 is 2.52 bits per heavy atom. The fraction of sp³-hybridized carbons (Fsp3) is 0.0435. The van der Waals surface area contributed by atoms with E-state index in [9.17, 15) is 23.1 Å². The molecule has 3 N–H and O–H groups in total. The number of alkyl halides is 3. The summed E-state index contributed by atoms with van der Waals surface area (Å²) in [6.45, 7) is 0. The summed E-state index contributed by atoms with van der Waals surface area (Å²) >= 11 is 0. The second kappa shape index (κ2) is 8.95. The highest BCUT2D eigenvalue weighted by molar-refractivity contribution is 6.05. The van der Waals surface area contributed by atoms with Gasteiger partial charge in [0.25, 0.3) is 5.91 Å². The number of rotatable bonds is 5. The van der Waals surface area contributed by atoms with Gasteiger partial charge in [-0.1, -0.05) is 6.07 Å². The van der Waals surface area contributed by atoms with Crippen molar-refractivity contribution >= 4 is 23.1 Å². The highest BCUT2D eigenvalue weighted by atomic mass is 19.4. The average molecular weight is 451 g/mol. The van der Waals surface area contributed by atoms with Gasteiger partial charge >= 0.3 is 6.18 Å². The zero-order chi connectivity index (χ0) is 23.4.